The van der Waals surface area contributed by atoms with Crippen LogP contribution in [0.1, 0.15) is 19.2 Å². The Balaban J connectivity index is 2.13. The molecule has 10 heteroatoms. The average molecular weight is 310 g/mol. The third kappa shape index (κ3) is 3.80. The van der Waals surface area contributed by atoms with Crippen molar-refractivity contribution >= 4 is 15.9 Å². The highest BCUT2D eigenvalue weighted by atomic mass is 32.2. The van der Waals surface area contributed by atoms with Crippen LogP contribution < -0.4 is 5.73 Å². The number of aromatic nitrogens is 5. The summed E-state index contributed by atoms with van der Waals surface area (Å²) in [4.78, 5) is 4.15. The summed E-state index contributed by atoms with van der Waals surface area (Å²) in [5.74, 6) is 6.19. The van der Waals surface area contributed by atoms with Gasteiger partial charge in [-0.25, -0.2) is 4.68 Å². The highest BCUT2D eigenvalue weighted by Crippen LogP contribution is 2.22. The number of hydrogen-bond donors (Lipinski definition) is 3. The van der Waals surface area contributed by atoms with Crippen molar-refractivity contribution in [2.24, 2.45) is 0 Å². The fourth-order valence-electron chi connectivity index (χ4n) is 1.70. The van der Waals surface area contributed by atoms with Crippen molar-refractivity contribution in [2.45, 2.75) is 19.9 Å². The van der Waals surface area contributed by atoms with Crippen molar-refractivity contribution in [3.8, 4) is 23.2 Å². The van der Waals surface area contributed by atoms with Gasteiger partial charge in [0.1, 0.15) is 5.82 Å². The van der Waals surface area contributed by atoms with Gasteiger partial charge in [-0.2, -0.15) is 23.6 Å². The number of aryl methyl sites for hydroxylation is 1. The lowest BCUT2D eigenvalue weighted by atomic mass is 10.3. The highest BCUT2D eigenvalue weighted by molar-refractivity contribution is 7.85. The van der Waals surface area contributed by atoms with Gasteiger partial charge in [-0.05, 0) is 19.3 Å². The zero-order valence-corrected chi connectivity index (χ0v) is 12.1. The van der Waals surface area contributed by atoms with Crippen molar-refractivity contribution in [1.29, 1.82) is 0 Å². The van der Waals surface area contributed by atoms with E-state index in [2.05, 4.69) is 32.1 Å². The molecule has 0 aliphatic carbocycles. The summed E-state index contributed by atoms with van der Waals surface area (Å²) >= 11 is 0. The van der Waals surface area contributed by atoms with Crippen LogP contribution in [0.2, 0.25) is 0 Å². The van der Waals surface area contributed by atoms with Crippen LogP contribution in [0.4, 0.5) is 5.82 Å². The molecular formula is C11H14N6O3S. The van der Waals surface area contributed by atoms with E-state index < -0.39 is 10.1 Å². The van der Waals surface area contributed by atoms with E-state index in [1.807, 2.05) is 0 Å². The topological polar surface area (TPSA) is 140 Å². The van der Waals surface area contributed by atoms with Crippen LogP contribution in [0.15, 0.2) is 6.20 Å². The number of rotatable bonds is 5. The van der Waals surface area contributed by atoms with E-state index >= 15 is 0 Å². The Morgan fingerprint density at radius 2 is 2.29 bits per heavy atom. The summed E-state index contributed by atoms with van der Waals surface area (Å²) in [7, 11) is -3.98. The quantitative estimate of drug-likeness (QED) is 0.517. The molecule has 4 N–H and O–H groups in total. The second-order valence-electron chi connectivity index (χ2n) is 4.19. The van der Waals surface area contributed by atoms with Gasteiger partial charge >= 0.3 is 0 Å². The van der Waals surface area contributed by atoms with Crippen LogP contribution in [0, 0.1) is 11.8 Å². The lowest BCUT2D eigenvalue weighted by molar-refractivity contribution is 0.476. The molecule has 9 nitrogen and oxygen atoms in total. The molecule has 0 spiro atoms. The molecule has 0 amide bonds. The Morgan fingerprint density at radius 3 is 2.95 bits per heavy atom. The lowest BCUT2D eigenvalue weighted by Crippen LogP contribution is -2.10. The van der Waals surface area contributed by atoms with Crippen LogP contribution in [-0.2, 0) is 16.7 Å². The molecule has 0 fully saturated rings. The SMILES string of the molecule is CC#Cc1nc(-c2cnn(CCCS(=O)(=O)O)c2N)n[nH]1. The molecule has 0 atom stereocenters. The number of aromatic amines is 1. The average Bonchev–Trinajstić information content (AvgIpc) is 2.97. The zero-order valence-electron chi connectivity index (χ0n) is 11.2. The summed E-state index contributed by atoms with van der Waals surface area (Å²) in [5.41, 5.74) is 6.46. The number of nitrogens with two attached hydrogens (primary N) is 1. The van der Waals surface area contributed by atoms with Crippen molar-refractivity contribution < 1.29 is 13.0 Å². The molecule has 2 aromatic heterocycles. The van der Waals surface area contributed by atoms with Crippen molar-refractivity contribution in [3.05, 3.63) is 12.0 Å². The molecule has 2 heterocycles. The van der Waals surface area contributed by atoms with Crippen LogP contribution in [0.5, 0.6) is 0 Å². The van der Waals surface area contributed by atoms with Gasteiger partial charge in [0, 0.05) is 6.54 Å². The predicted octanol–water partition coefficient (Wildman–Crippen LogP) is -0.100. The Morgan fingerprint density at radius 1 is 1.52 bits per heavy atom. The van der Waals surface area contributed by atoms with E-state index in [1.165, 1.54) is 10.9 Å². The van der Waals surface area contributed by atoms with Gasteiger partial charge in [-0.3, -0.25) is 9.65 Å². The van der Waals surface area contributed by atoms with Crippen LogP contribution in [0.25, 0.3) is 11.4 Å². The third-order valence-electron chi connectivity index (χ3n) is 2.62. The number of H-pyrrole nitrogens is 1. The van der Waals surface area contributed by atoms with E-state index in [-0.39, 0.29) is 18.7 Å². The van der Waals surface area contributed by atoms with Crippen molar-refractivity contribution in [3.63, 3.8) is 0 Å². The Labute approximate surface area is 121 Å². The van der Waals surface area contributed by atoms with Crippen molar-refractivity contribution in [1.82, 2.24) is 25.0 Å². The van der Waals surface area contributed by atoms with E-state index in [0.29, 0.717) is 23.0 Å². The first-order valence-electron chi connectivity index (χ1n) is 6.02. The molecule has 21 heavy (non-hydrogen) atoms. The molecular weight excluding hydrogens is 296 g/mol. The van der Waals surface area contributed by atoms with E-state index in [1.54, 1.807) is 6.92 Å². The molecule has 0 saturated carbocycles. The molecule has 0 radical (unpaired) electrons. The molecule has 0 saturated heterocycles. The number of nitrogen functional groups attached to an aromatic ring is 1. The van der Waals surface area contributed by atoms with Gasteiger partial charge in [0.25, 0.3) is 10.1 Å². The Kier molecular flexibility index (Phi) is 4.25. The van der Waals surface area contributed by atoms with Crippen LogP contribution >= 0.6 is 0 Å². The summed E-state index contributed by atoms with van der Waals surface area (Å²) in [6.45, 7) is 1.95. The fourth-order valence-corrected chi connectivity index (χ4v) is 2.19. The minimum absolute atomic E-state index is 0.199. The zero-order chi connectivity index (χ0) is 15.5. The lowest BCUT2D eigenvalue weighted by Gasteiger charge is -2.03. The van der Waals surface area contributed by atoms with Crippen molar-refractivity contribution in [2.75, 3.05) is 11.5 Å². The molecule has 0 aromatic carbocycles. The monoisotopic (exact) mass is 310 g/mol. The summed E-state index contributed by atoms with van der Waals surface area (Å²) in [5, 5.41) is 10.7. The van der Waals surface area contributed by atoms with Crippen LogP contribution in [-0.4, -0.2) is 43.7 Å². The molecule has 2 aromatic rings. The molecule has 0 aliphatic heterocycles. The number of hydrogen-bond acceptors (Lipinski definition) is 6. The molecule has 0 bridgehead atoms. The minimum atomic E-state index is -3.98. The summed E-state index contributed by atoms with van der Waals surface area (Å²) < 4.78 is 31.4. The predicted molar refractivity (Wildman–Crippen MR) is 75.6 cm³/mol. The van der Waals surface area contributed by atoms with Gasteiger partial charge in [0.15, 0.2) is 5.82 Å². The van der Waals surface area contributed by atoms with E-state index in [0.717, 1.165) is 0 Å². The molecule has 112 valence electrons. The maximum absolute atomic E-state index is 10.7. The maximum Gasteiger partial charge on any atom is 0.264 e. The second kappa shape index (κ2) is 5.94. The standard InChI is InChI=1S/C11H14N6O3S/c1-2-4-9-14-11(16-15-9)8-7-13-17(10(8)12)5-3-6-21(18,19)20/h7H,3,5-6,12H2,1H3,(H,14,15,16)(H,18,19,20). The van der Waals surface area contributed by atoms with E-state index in [4.69, 9.17) is 10.3 Å². The normalized spacial score (nSPS) is 11.1. The first kappa shape index (κ1) is 15.0. The number of anilines is 1. The third-order valence-corrected chi connectivity index (χ3v) is 3.43. The van der Waals surface area contributed by atoms with Gasteiger partial charge in [-0.15, -0.1) is 0 Å². The smallest absolute Gasteiger partial charge is 0.264 e. The Bertz CT molecular complexity index is 796. The largest absolute Gasteiger partial charge is 0.383 e. The highest BCUT2D eigenvalue weighted by Gasteiger charge is 2.14. The van der Waals surface area contributed by atoms with Gasteiger partial charge in [0.2, 0.25) is 5.82 Å². The second-order valence-corrected chi connectivity index (χ2v) is 5.76. The molecule has 0 unspecified atom stereocenters. The molecule has 2 rings (SSSR count). The number of nitrogens with one attached hydrogen (secondary N) is 1. The van der Waals surface area contributed by atoms with Gasteiger partial charge < -0.3 is 5.73 Å². The minimum Gasteiger partial charge on any atom is -0.383 e. The van der Waals surface area contributed by atoms with Crippen LogP contribution in [0.3, 0.4) is 0 Å². The summed E-state index contributed by atoms with van der Waals surface area (Å²) in [6.07, 6.45) is 1.69. The van der Waals surface area contributed by atoms with E-state index in [9.17, 15) is 8.42 Å². The van der Waals surface area contributed by atoms with Gasteiger partial charge in [-0.1, -0.05) is 5.92 Å². The summed E-state index contributed by atoms with van der Waals surface area (Å²) in [6, 6.07) is 0. The number of nitrogens with zero attached hydrogens (tertiary/aromatic N) is 4. The fraction of sp³-hybridized carbons (Fsp3) is 0.364. The Hall–Kier alpha value is -2.38. The first-order valence-corrected chi connectivity index (χ1v) is 7.63. The molecule has 0 aliphatic rings. The first-order chi connectivity index (χ1) is 9.90. The van der Waals surface area contributed by atoms with Gasteiger partial charge in [0.05, 0.1) is 17.5 Å². The maximum atomic E-state index is 10.7.